The number of rotatable bonds is 9. The Morgan fingerprint density at radius 3 is 2.45 bits per heavy atom. The number of carbonyl (C=O) groups is 1. The first-order chi connectivity index (χ1) is 14.2. The molecule has 1 heterocycles. The summed E-state index contributed by atoms with van der Waals surface area (Å²) in [5.41, 5.74) is 3.41. The zero-order valence-electron chi connectivity index (χ0n) is 17.5. The van der Waals surface area contributed by atoms with Gasteiger partial charge in [-0.25, -0.2) is 0 Å². The van der Waals surface area contributed by atoms with E-state index in [1.807, 2.05) is 24.3 Å². The first-order valence-electron chi connectivity index (χ1n) is 10.3. The Bertz CT molecular complexity index is 771. The number of methoxy groups -OCH3 is 1. The van der Waals surface area contributed by atoms with Gasteiger partial charge in [-0.15, -0.1) is 0 Å². The molecule has 2 aromatic carbocycles. The second-order valence-corrected chi connectivity index (χ2v) is 7.43. The highest BCUT2D eigenvalue weighted by molar-refractivity contribution is 5.76. The van der Waals surface area contributed by atoms with E-state index in [-0.39, 0.29) is 5.91 Å². The molecule has 6 nitrogen and oxygen atoms in total. The highest BCUT2D eigenvalue weighted by Crippen LogP contribution is 2.19. The molecule has 0 saturated carbocycles. The second-order valence-electron chi connectivity index (χ2n) is 7.43. The fraction of sp³-hybridized carbons (Fsp3) is 0.435. The van der Waals surface area contributed by atoms with Crippen LogP contribution >= 0.6 is 0 Å². The molecule has 0 atom stereocenters. The van der Waals surface area contributed by atoms with Gasteiger partial charge in [0.25, 0.3) is 0 Å². The fourth-order valence-electron chi connectivity index (χ4n) is 3.51. The molecule has 1 aliphatic rings. The molecule has 0 spiro atoms. The fourth-order valence-corrected chi connectivity index (χ4v) is 3.51. The lowest BCUT2D eigenvalue weighted by atomic mass is 10.1. The number of piperazine rings is 1. The van der Waals surface area contributed by atoms with Crippen molar-refractivity contribution in [2.75, 3.05) is 63.6 Å². The van der Waals surface area contributed by atoms with Crippen LogP contribution in [-0.2, 0) is 11.2 Å². The first-order valence-corrected chi connectivity index (χ1v) is 10.3. The molecule has 156 valence electrons. The number of anilines is 2. The number of ether oxygens (including phenoxy) is 1. The Hall–Kier alpha value is -2.73. The Morgan fingerprint density at radius 2 is 1.72 bits per heavy atom. The maximum absolute atomic E-state index is 12.1. The predicted octanol–water partition coefficient (Wildman–Crippen LogP) is 2.61. The summed E-state index contributed by atoms with van der Waals surface area (Å²) in [5, 5.41) is 6.31. The van der Waals surface area contributed by atoms with Gasteiger partial charge in [0.05, 0.1) is 7.11 Å². The van der Waals surface area contributed by atoms with Crippen molar-refractivity contribution < 1.29 is 9.53 Å². The number of nitrogens with zero attached hydrogens (tertiary/aromatic N) is 2. The lowest BCUT2D eigenvalue weighted by Gasteiger charge is -2.34. The van der Waals surface area contributed by atoms with Crippen molar-refractivity contribution >= 4 is 17.3 Å². The van der Waals surface area contributed by atoms with Gasteiger partial charge in [-0.2, -0.15) is 0 Å². The molecule has 6 heteroatoms. The van der Waals surface area contributed by atoms with Gasteiger partial charge >= 0.3 is 0 Å². The summed E-state index contributed by atoms with van der Waals surface area (Å²) in [6.45, 7) is 5.57. The quantitative estimate of drug-likeness (QED) is 0.682. The van der Waals surface area contributed by atoms with E-state index < -0.39 is 0 Å². The van der Waals surface area contributed by atoms with Gasteiger partial charge in [0.15, 0.2) is 0 Å². The van der Waals surface area contributed by atoms with Gasteiger partial charge < -0.3 is 25.2 Å². The smallest absolute Gasteiger partial charge is 0.221 e. The first kappa shape index (κ1) is 21.0. The molecular weight excluding hydrogens is 364 g/mol. The average molecular weight is 397 g/mol. The van der Waals surface area contributed by atoms with E-state index in [1.54, 1.807) is 7.11 Å². The van der Waals surface area contributed by atoms with Crippen LogP contribution in [0.1, 0.15) is 12.0 Å². The second kappa shape index (κ2) is 10.7. The van der Waals surface area contributed by atoms with E-state index in [0.717, 1.165) is 49.6 Å². The van der Waals surface area contributed by atoms with Crippen LogP contribution in [0.15, 0.2) is 48.5 Å². The third-order valence-electron chi connectivity index (χ3n) is 5.33. The van der Waals surface area contributed by atoms with Gasteiger partial charge in [0.1, 0.15) is 5.75 Å². The number of carbonyl (C=O) groups excluding carboxylic acids is 1. The lowest BCUT2D eigenvalue weighted by Crippen LogP contribution is -2.44. The van der Waals surface area contributed by atoms with Crippen molar-refractivity contribution in [3.05, 3.63) is 54.1 Å². The molecule has 0 radical (unpaired) electrons. The molecule has 0 unspecified atom stereocenters. The van der Waals surface area contributed by atoms with Gasteiger partial charge in [0.2, 0.25) is 5.91 Å². The summed E-state index contributed by atoms with van der Waals surface area (Å²) in [5.74, 6) is 0.921. The Labute approximate surface area is 173 Å². The highest BCUT2D eigenvalue weighted by atomic mass is 16.5. The minimum atomic E-state index is 0.0569. The zero-order valence-corrected chi connectivity index (χ0v) is 17.5. The molecule has 0 bridgehead atoms. The van der Waals surface area contributed by atoms with E-state index in [2.05, 4.69) is 51.7 Å². The van der Waals surface area contributed by atoms with Crippen LogP contribution in [0.25, 0.3) is 0 Å². The minimum Gasteiger partial charge on any atom is -0.496 e. The van der Waals surface area contributed by atoms with Crippen molar-refractivity contribution in [3.8, 4) is 5.75 Å². The topological polar surface area (TPSA) is 56.8 Å². The van der Waals surface area contributed by atoms with Crippen LogP contribution in [0, 0.1) is 0 Å². The van der Waals surface area contributed by atoms with Gasteiger partial charge in [-0.1, -0.05) is 18.2 Å². The molecule has 1 saturated heterocycles. The van der Waals surface area contributed by atoms with Crippen LogP contribution in [-0.4, -0.2) is 64.2 Å². The SMILES string of the molecule is COc1ccccc1CCNC(=O)CCNc1ccc(N2CCN(C)CC2)cc1. The zero-order chi connectivity index (χ0) is 20.5. The van der Waals surface area contributed by atoms with Crippen molar-refractivity contribution in [2.45, 2.75) is 12.8 Å². The Morgan fingerprint density at radius 1 is 1.00 bits per heavy atom. The number of hydrogen-bond acceptors (Lipinski definition) is 5. The van der Waals surface area contributed by atoms with Crippen molar-refractivity contribution in [1.82, 2.24) is 10.2 Å². The molecule has 1 amide bonds. The predicted molar refractivity (Wildman–Crippen MR) is 119 cm³/mol. The number of hydrogen-bond donors (Lipinski definition) is 2. The summed E-state index contributed by atoms with van der Waals surface area (Å²) in [4.78, 5) is 16.8. The van der Waals surface area contributed by atoms with E-state index in [1.165, 1.54) is 5.69 Å². The van der Waals surface area contributed by atoms with Crippen LogP contribution < -0.4 is 20.3 Å². The number of nitrogens with one attached hydrogen (secondary N) is 2. The van der Waals surface area contributed by atoms with Crippen LogP contribution in [0.5, 0.6) is 5.75 Å². The van der Waals surface area contributed by atoms with Crippen LogP contribution in [0.4, 0.5) is 11.4 Å². The summed E-state index contributed by atoms with van der Waals surface area (Å²) >= 11 is 0. The van der Waals surface area contributed by atoms with Crippen molar-refractivity contribution in [1.29, 1.82) is 0 Å². The number of para-hydroxylation sites is 1. The molecule has 1 fully saturated rings. The maximum Gasteiger partial charge on any atom is 0.221 e. The molecule has 29 heavy (non-hydrogen) atoms. The van der Waals surface area contributed by atoms with E-state index in [0.29, 0.717) is 19.5 Å². The highest BCUT2D eigenvalue weighted by Gasteiger charge is 2.13. The standard InChI is InChI=1S/C23H32N4O2/c1-26-15-17-27(18-16-26)21-9-7-20(8-10-21)24-14-12-23(28)25-13-11-19-5-3-4-6-22(19)29-2/h3-10,24H,11-18H2,1-2H3,(H,25,28). The van der Waals surface area contributed by atoms with E-state index in [9.17, 15) is 4.79 Å². The van der Waals surface area contributed by atoms with E-state index in [4.69, 9.17) is 4.74 Å². The molecular formula is C23H32N4O2. The summed E-state index contributed by atoms with van der Waals surface area (Å²) in [6, 6.07) is 16.4. The lowest BCUT2D eigenvalue weighted by molar-refractivity contribution is -0.120. The summed E-state index contributed by atoms with van der Waals surface area (Å²) < 4.78 is 5.34. The Kier molecular flexibility index (Phi) is 7.76. The van der Waals surface area contributed by atoms with Crippen molar-refractivity contribution in [3.63, 3.8) is 0 Å². The Balaban J connectivity index is 1.34. The van der Waals surface area contributed by atoms with Crippen LogP contribution in [0.3, 0.4) is 0 Å². The number of likely N-dealkylation sites (N-methyl/N-ethyl adjacent to an activating group) is 1. The molecule has 2 aromatic rings. The molecule has 1 aliphatic heterocycles. The van der Waals surface area contributed by atoms with Gasteiger partial charge in [-0.05, 0) is 49.4 Å². The molecule has 3 rings (SSSR count). The normalized spacial score (nSPS) is 14.5. The van der Waals surface area contributed by atoms with Crippen LogP contribution in [0.2, 0.25) is 0 Å². The van der Waals surface area contributed by atoms with E-state index >= 15 is 0 Å². The number of benzene rings is 2. The third-order valence-corrected chi connectivity index (χ3v) is 5.33. The largest absolute Gasteiger partial charge is 0.496 e. The number of amides is 1. The monoisotopic (exact) mass is 396 g/mol. The van der Waals surface area contributed by atoms with Crippen molar-refractivity contribution in [2.24, 2.45) is 0 Å². The van der Waals surface area contributed by atoms with Gasteiger partial charge in [0, 0.05) is 57.1 Å². The molecule has 2 N–H and O–H groups in total. The summed E-state index contributed by atoms with van der Waals surface area (Å²) in [6.07, 6.45) is 1.21. The maximum atomic E-state index is 12.1. The average Bonchev–Trinajstić information content (AvgIpc) is 2.75. The minimum absolute atomic E-state index is 0.0569. The summed E-state index contributed by atoms with van der Waals surface area (Å²) in [7, 11) is 3.83. The molecule has 0 aromatic heterocycles. The third kappa shape index (κ3) is 6.39. The van der Waals surface area contributed by atoms with Gasteiger partial charge in [-0.3, -0.25) is 4.79 Å². The molecule has 0 aliphatic carbocycles.